The zero-order chi connectivity index (χ0) is 8.55. The maximum atomic E-state index is 2.30. The molecule has 0 aromatic heterocycles. The molecule has 64 valence electrons. The van der Waals surface area contributed by atoms with E-state index in [1.54, 1.807) is 5.56 Å². The van der Waals surface area contributed by atoms with E-state index in [4.69, 9.17) is 0 Å². The Kier molecular flexibility index (Phi) is 1.92. The monoisotopic (exact) mass is 160 g/mol. The molecule has 0 atom stereocenters. The molecular formula is C12H16. The molecule has 0 spiro atoms. The zero-order valence-corrected chi connectivity index (χ0v) is 7.88. The highest BCUT2D eigenvalue weighted by atomic mass is 14.3. The third kappa shape index (κ3) is 1.52. The van der Waals surface area contributed by atoms with E-state index in [-0.39, 0.29) is 0 Å². The highest BCUT2D eigenvalue weighted by molar-refractivity contribution is 5.29. The molecule has 0 heteroatoms. The van der Waals surface area contributed by atoms with Crippen LogP contribution in [0, 0.1) is 0 Å². The Labute approximate surface area is 74.6 Å². The van der Waals surface area contributed by atoms with E-state index in [2.05, 4.69) is 38.1 Å². The Bertz CT molecular complexity index is 231. The van der Waals surface area contributed by atoms with Crippen molar-refractivity contribution in [3.05, 3.63) is 35.4 Å². The summed E-state index contributed by atoms with van der Waals surface area (Å²) < 4.78 is 0. The quantitative estimate of drug-likeness (QED) is 0.619. The first kappa shape index (κ1) is 7.85. The van der Waals surface area contributed by atoms with Gasteiger partial charge in [-0.05, 0) is 35.8 Å². The van der Waals surface area contributed by atoms with Crippen molar-refractivity contribution in [3.8, 4) is 0 Å². The van der Waals surface area contributed by atoms with Crippen molar-refractivity contribution >= 4 is 0 Å². The first-order chi connectivity index (χ1) is 5.77. The van der Waals surface area contributed by atoms with Crippen LogP contribution in [0.15, 0.2) is 24.3 Å². The number of benzene rings is 1. The van der Waals surface area contributed by atoms with E-state index in [1.807, 2.05) is 0 Å². The van der Waals surface area contributed by atoms with Crippen LogP contribution in [0.1, 0.15) is 49.7 Å². The van der Waals surface area contributed by atoms with E-state index >= 15 is 0 Å². The van der Waals surface area contributed by atoms with E-state index in [0.29, 0.717) is 5.92 Å². The SMILES string of the molecule is CC(C)c1ccc(C2CC2)cc1. The minimum atomic E-state index is 0.665. The Morgan fingerprint density at radius 1 is 1.08 bits per heavy atom. The van der Waals surface area contributed by atoms with Gasteiger partial charge in [-0.25, -0.2) is 0 Å². The van der Waals surface area contributed by atoms with Gasteiger partial charge in [-0.15, -0.1) is 0 Å². The molecule has 0 radical (unpaired) electrons. The van der Waals surface area contributed by atoms with Gasteiger partial charge in [0.1, 0.15) is 0 Å². The first-order valence-electron chi connectivity index (χ1n) is 4.87. The van der Waals surface area contributed by atoms with Crippen LogP contribution in [0.25, 0.3) is 0 Å². The van der Waals surface area contributed by atoms with Gasteiger partial charge in [0, 0.05) is 0 Å². The summed E-state index contributed by atoms with van der Waals surface area (Å²) in [6.45, 7) is 4.48. The molecule has 2 rings (SSSR count). The van der Waals surface area contributed by atoms with E-state index in [9.17, 15) is 0 Å². The predicted molar refractivity (Wildman–Crippen MR) is 52.5 cm³/mol. The Morgan fingerprint density at radius 2 is 1.67 bits per heavy atom. The number of hydrogen-bond donors (Lipinski definition) is 0. The summed E-state index contributed by atoms with van der Waals surface area (Å²) in [5.41, 5.74) is 3.00. The van der Waals surface area contributed by atoms with Gasteiger partial charge in [-0.3, -0.25) is 0 Å². The van der Waals surface area contributed by atoms with Crippen molar-refractivity contribution in [2.75, 3.05) is 0 Å². The summed E-state index contributed by atoms with van der Waals surface area (Å²) in [4.78, 5) is 0. The molecule has 1 aromatic rings. The molecule has 0 saturated heterocycles. The Balaban J connectivity index is 2.18. The fourth-order valence-corrected chi connectivity index (χ4v) is 1.57. The molecule has 0 aliphatic heterocycles. The third-order valence-electron chi connectivity index (χ3n) is 2.65. The highest BCUT2D eigenvalue weighted by Crippen LogP contribution is 2.40. The molecular weight excluding hydrogens is 144 g/mol. The van der Waals surface area contributed by atoms with Crippen molar-refractivity contribution in [2.24, 2.45) is 0 Å². The Morgan fingerprint density at radius 3 is 2.08 bits per heavy atom. The van der Waals surface area contributed by atoms with E-state index in [1.165, 1.54) is 18.4 Å². The van der Waals surface area contributed by atoms with Gasteiger partial charge in [0.05, 0.1) is 0 Å². The van der Waals surface area contributed by atoms with Gasteiger partial charge in [-0.1, -0.05) is 38.1 Å². The molecule has 1 aromatic carbocycles. The highest BCUT2D eigenvalue weighted by Gasteiger charge is 2.22. The normalized spacial score (nSPS) is 16.9. The van der Waals surface area contributed by atoms with Gasteiger partial charge >= 0.3 is 0 Å². The van der Waals surface area contributed by atoms with Gasteiger partial charge in [-0.2, -0.15) is 0 Å². The van der Waals surface area contributed by atoms with Gasteiger partial charge in [0.25, 0.3) is 0 Å². The van der Waals surface area contributed by atoms with Crippen LogP contribution in [0.5, 0.6) is 0 Å². The minimum absolute atomic E-state index is 0.665. The average Bonchev–Trinajstić information content (AvgIpc) is 2.87. The van der Waals surface area contributed by atoms with Crippen molar-refractivity contribution in [2.45, 2.75) is 38.5 Å². The lowest BCUT2D eigenvalue weighted by Gasteiger charge is -2.05. The maximum absolute atomic E-state index is 2.30. The van der Waals surface area contributed by atoms with E-state index in [0.717, 1.165) is 5.92 Å². The average molecular weight is 160 g/mol. The van der Waals surface area contributed by atoms with E-state index < -0.39 is 0 Å². The topological polar surface area (TPSA) is 0 Å². The van der Waals surface area contributed by atoms with Crippen LogP contribution in [0.3, 0.4) is 0 Å². The summed E-state index contributed by atoms with van der Waals surface area (Å²) >= 11 is 0. The fourth-order valence-electron chi connectivity index (χ4n) is 1.57. The summed E-state index contributed by atoms with van der Waals surface area (Å²) in [6, 6.07) is 9.15. The van der Waals surface area contributed by atoms with Crippen molar-refractivity contribution in [1.29, 1.82) is 0 Å². The molecule has 1 aliphatic rings. The molecule has 1 aliphatic carbocycles. The molecule has 0 bridgehead atoms. The predicted octanol–water partition coefficient (Wildman–Crippen LogP) is 3.69. The molecule has 0 unspecified atom stereocenters. The molecule has 12 heavy (non-hydrogen) atoms. The fraction of sp³-hybridized carbons (Fsp3) is 0.500. The van der Waals surface area contributed by atoms with Crippen LogP contribution in [0.2, 0.25) is 0 Å². The molecule has 0 nitrogen and oxygen atoms in total. The smallest absolute Gasteiger partial charge is 0.0162 e. The van der Waals surface area contributed by atoms with Crippen molar-refractivity contribution in [3.63, 3.8) is 0 Å². The van der Waals surface area contributed by atoms with Crippen LogP contribution in [0.4, 0.5) is 0 Å². The number of rotatable bonds is 2. The lowest BCUT2D eigenvalue weighted by atomic mass is 10.0. The van der Waals surface area contributed by atoms with Gasteiger partial charge in [0.15, 0.2) is 0 Å². The van der Waals surface area contributed by atoms with Crippen molar-refractivity contribution < 1.29 is 0 Å². The summed E-state index contributed by atoms with van der Waals surface area (Å²) in [7, 11) is 0. The second kappa shape index (κ2) is 2.93. The van der Waals surface area contributed by atoms with Crippen LogP contribution < -0.4 is 0 Å². The summed E-state index contributed by atoms with van der Waals surface area (Å²) in [5, 5.41) is 0. The zero-order valence-electron chi connectivity index (χ0n) is 7.88. The number of hydrogen-bond acceptors (Lipinski definition) is 0. The molecule has 0 amide bonds. The van der Waals surface area contributed by atoms with Gasteiger partial charge in [0.2, 0.25) is 0 Å². The molecule has 1 fully saturated rings. The summed E-state index contributed by atoms with van der Waals surface area (Å²) in [5.74, 6) is 1.56. The minimum Gasteiger partial charge on any atom is -0.0587 e. The molecule has 0 heterocycles. The Hall–Kier alpha value is -0.780. The van der Waals surface area contributed by atoms with Crippen LogP contribution in [-0.2, 0) is 0 Å². The molecule has 1 saturated carbocycles. The van der Waals surface area contributed by atoms with Gasteiger partial charge < -0.3 is 0 Å². The van der Waals surface area contributed by atoms with Crippen LogP contribution in [-0.4, -0.2) is 0 Å². The lowest BCUT2D eigenvalue weighted by Crippen LogP contribution is -1.87. The largest absolute Gasteiger partial charge is 0.0587 e. The summed E-state index contributed by atoms with van der Waals surface area (Å²) in [6.07, 6.45) is 2.81. The standard InChI is InChI=1S/C12H16/c1-9(2)10-3-5-11(6-4-10)12-7-8-12/h3-6,9,12H,7-8H2,1-2H3. The first-order valence-corrected chi connectivity index (χ1v) is 4.87. The van der Waals surface area contributed by atoms with Crippen molar-refractivity contribution in [1.82, 2.24) is 0 Å². The van der Waals surface area contributed by atoms with Crippen LogP contribution >= 0.6 is 0 Å². The maximum Gasteiger partial charge on any atom is -0.0162 e. The molecule has 0 N–H and O–H groups in total. The lowest BCUT2D eigenvalue weighted by molar-refractivity contribution is 0.864. The second-order valence-electron chi connectivity index (χ2n) is 4.10. The second-order valence-corrected chi connectivity index (χ2v) is 4.10. The third-order valence-corrected chi connectivity index (χ3v) is 2.65.